The summed E-state index contributed by atoms with van der Waals surface area (Å²) in [7, 11) is 0. The fraction of sp³-hybridized carbons (Fsp3) is 0.632. The molecule has 0 unspecified atom stereocenters. The molecule has 0 bridgehead atoms. The average molecular weight is 380 g/mol. The lowest BCUT2D eigenvalue weighted by atomic mass is 10.1. The van der Waals surface area contributed by atoms with Crippen molar-refractivity contribution in [2.75, 3.05) is 26.2 Å². The Labute approximate surface area is 159 Å². The number of nitrogens with one attached hydrogen (secondary N) is 1. The fourth-order valence-corrected chi connectivity index (χ4v) is 3.94. The molecule has 3 amide bonds. The van der Waals surface area contributed by atoms with Crippen LogP contribution in [-0.2, 0) is 27.3 Å². The van der Waals surface area contributed by atoms with Crippen LogP contribution in [0.4, 0.5) is 0 Å². The van der Waals surface area contributed by atoms with Crippen LogP contribution < -0.4 is 5.32 Å². The molecule has 0 saturated carbocycles. The fourth-order valence-electron chi connectivity index (χ4n) is 3.05. The van der Waals surface area contributed by atoms with Crippen molar-refractivity contribution in [3.8, 4) is 0 Å². The molecular weight excluding hydrogens is 350 g/mol. The zero-order valence-electron chi connectivity index (χ0n) is 15.8. The molecule has 1 aliphatic rings. The highest BCUT2D eigenvalue weighted by molar-refractivity contribution is 7.10. The van der Waals surface area contributed by atoms with Crippen LogP contribution in [0.25, 0.3) is 0 Å². The number of nitrogens with zero attached hydrogens (tertiary/aromatic N) is 2. The molecule has 0 radical (unpaired) electrons. The number of amides is 3. The molecule has 0 fully saturated rings. The zero-order chi connectivity index (χ0) is 18.9. The Hall–Kier alpha value is -1.89. The number of hydrogen-bond acceptors (Lipinski definition) is 4. The number of hydrogen-bond donors (Lipinski definition) is 1. The Morgan fingerprint density at radius 3 is 2.77 bits per heavy atom. The molecular formula is C19H29N3O3S. The lowest BCUT2D eigenvalue weighted by molar-refractivity contribution is -0.139. The lowest BCUT2D eigenvalue weighted by Gasteiger charge is -2.27. The van der Waals surface area contributed by atoms with Crippen molar-refractivity contribution >= 4 is 29.1 Å². The maximum atomic E-state index is 12.5. The predicted octanol–water partition coefficient (Wildman–Crippen LogP) is 2.18. The monoisotopic (exact) mass is 379 g/mol. The molecule has 1 aliphatic heterocycles. The summed E-state index contributed by atoms with van der Waals surface area (Å²) in [6.45, 7) is 6.55. The summed E-state index contributed by atoms with van der Waals surface area (Å²) < 4.78 is 0. The van der Waals surface area contributed by atoms with E-state index in [0.717, 1.165) is 25.8 Å². The van der Waals surface area contributed by atoms with Gasteiger partial charge in [0.1, 0.15) is 0 Å². The van der Waals surface area contributed by atoms with E-state index < -0.39 is 0 Å². The minimum Gasteiger partial charge on any atom is -0.355 e. The minimum atomic E-state index is -0.138. The maximum absolute atomic E-state index is 12.5. The summed E-state index contributed by atoms with van der Waals surface area (Å²) in [5.74, 6) is -0.247. The van der Waals surface area contributed by atoms with Crippen molar-refractivity contribution in [3.63, 3.8) is 0 Å². The van der Waals surface area contributed by atoms with Crippen LogP contribution in [0, 0.1) is 0 Å². The van der Waals surface area contributed by atoms with E-state index in [1.54, 1.807) is 16.2 Å². The third-order valence-corrected chi connectivity index (χ3v) is 5.49. The maximum Gasteiger partial charge on any atom is 0.239 e. The van der Waals surface area contributed by atoms with E-state index in [0.29, 0.717) is 19.6 Å². The highest BCUT2D eigenvalue weighted by Crippen LogP contribution is 2.24. The molecule has 2 heterocycles. The molecule has 6 nitrogen and oxygen atoms in total. The van der Waals surface area contributed by atoms with Gasteiger partial charge in [0.15, 0.2) is 0 Å². The number of carbonyl (C=O) groups is 3. The van der Waals surface area contributed by atoms with E-state index in [9.17, 15) is 14.4 Å². The second-order valence-electron chi connectivity index (χ2n) is 6.60. The quantitative estimate of drug-likeness (QED) is 0.715. The first-order valence-corrected chi connectivity index (χ1v) is 10.3. The van der Waals surface area contributed by atoms with Crippen LogP contribution in [0.1, 0.15) is 50.0 Å². The number of fused-ring (bicyclic) bond motifs is 1. The molecule has 1 N–H and O–H groups in total. The van der Waals surface area contributed by atoms with Gasteiger partial charge in [-0.15, -0.1) is 11.3 Å². The Bertz CT molecular complexity index is 629. The van der Waals surface area contributed by atoms with E-state index >= 15 is 0 Å². The van der Waals surface area contributed by atoms with Crippen LogP contribution in [0.15, 0.2) is 11.4 Å². The van der Waals surface area contributed by atoms with Crippen molar-refractivity contribution in [2.24, 2.45) is 0 Å². The molecule has 144 valence electrons. The zero-order valence-corrected chi connectivity index (χ0v) is 16.6. The number of carbonyl (C=O) groups excluding carboxylic acids is 3. The van der Waals surface area contributed by atoms with Gasteiger partial charge in [0.2, 0.25) is 17.7 Å². The normalized spacial score (nSPS) is 13.2. The van der Waals surface area contributed by atoms with Crippen LogP contribution in [-0.4, -0.2) is 53.7 Å². The first-order valence-electron chi connectivity index (χ1n) is 9.42. The van der Waals surface area contributed by atoms with Gasteiger partial charge in [0.05, 0.1) is 6.54 Å². The first-order chi connectivity index (χ1) is 12.5. The first kappa shape index (κ1) is 20.4. The molecule has 0 saturated heterocycles. The number of thiophene rings is 1. The smallest absolute Gasteiger partial charge is 0.239 e. The largest absolute Gasteiger partial charge is 0.355 e. The van der Waals surface area contributed by atoms with Crippen molar-refractivity contribution < 1.29 is 14.4 Å². The molecule has 7 heteroatoms. The van der Waals surface area contributed by atoms with Gasteiger partial charge in [-0.05, 0) is 36.3 Å². The minimum absolute atomic E-state index is 0.0158. The second kappa shape index (κ2) is 10.3. The Morgan fingerprint density at radius 2 is 2.04 bits per heavy atom. The molecule has 0 aliphatic carbocycles. The highest BCUT2D eigenvalue weighted by Gasteiger charge is 2.23. The standard InChI is InChI=1S/C19H29N3O3S/c1-3-9-20-17(23)14-21(10-4-2)18(24)5-6-19(25)22-11-7-16-15(13-22)8-12-26-16/h8,12H,3-7,9-11,13-14H2,1-2H3,(H,20,23). The summed E-state index contributed by atoms with van der Waals surface area (Å²) in [6.07, 6.45) is 2.91. The average Bonchev–Trinajstić information content (AvgIpc) is 3.11. The van der Waals surface area contributed by atoms with Crippen molar-refractivity contribution in [1.82, 2.24) is 15.1 Å². The van der Waals surface area contributed by atoms with Gasteiger partial charge in [-0.25, -0.2) is 0 Å². The van der Waals surface area contributed by atoms with Crippen LogP contribution in [0.3, 0.4) is 0 Å². The van der Waals surface area contributed by atoms with E-state index in [4.69, 9.17) is 0 Å². The highest BCUT2D eigenvalue weighted by atomic mass is 32.1. The molecule has 0 atom stereocenters. The molecule has 0 spiro atoms. The van der Waals surface area contributed by atoms with Crippen molar-refractivity contribution in [1.29, 1.82) is 0 Å². The van der Waals surface area contributed by atoms with Crippen LogP contribution >= 0.6 is 11.3 Å². The van der Waals surface area contributed by atoms with E-state index in [1.165, 1.54) is 10.4 Å². The molecule has 2 rings (SSSR count). The van der Waals surface area contributed by atoms with Gasteiger partial charge in [0.25, 0.3) is 0 Å². The summed E-state index contributed by atoms with van der Waals surface area (Å²) >= 11 is 1.74. The summed E-state index contributed by atoms with van der Waals surface area (Å²) in [5.41, 5.74) is 1.22. The SMILES string of the molecule is CCCNC(=O)CN(CCC)C(=O)CCC(=O)N1CCc2sccc2C1. The molecule has 1 aromatic rings. The number of rotatable bonds is 9. The van der Waals surface area contributed by atoms with E-state index in [1.807, 2.05) is 18.7 Å². The third-order valence-electron chi connectivity index (χ3n) is 4.47. The topological polar surface area (TPSA) is 69.7 Å². The molecule has 26 heavy (non-hydrogen) atoms. The second-order valence-corrected chi connectivity index (χ2v) is 7.60. The summed E-state index contributed by atoms with van der Waals surface area (Å²) in [5, 5.41) is 4.86. The van der Waals surface area contributed by atoms with Gasteiger partial charge in [-0.3, -0.25) is 14.4 Å². The van der Waals surface area contributed by atoms with Gasteiger partial charge in [-0.2, -0.15) is 0 Å². The summed E-state index contributed by atoms with van der Waals surface area (Å²) in [4.78, 5) is 41.6. The van der Waals surface area contributed by atoms with Crippen molar-refractivity contribution in [3.05, 3.63) is 21.9 Å². The summed E-state index contributed by atoms with van der Waals surface area (Å²) in [6, 6.07) is 2.07. The Morgan fingerprint density at radius 1 is 1.23 bits per heavy atom. The lowest BCUT2D eigenvalue weighted by Crippen LogP contribution is -2.42. The van der Waals surface area contributed by atoms with Gasteiger partial charge in [0, 0.05) is 43.9 Å². The van der Waals surface area contributed by atoms with Crippen LogP contribution in [0.5, 0.6) is 0 Å². The molecule has 1 aromatic heterocycles. The molecule has 0 aromatic carbocycles. The van der Waals surface area contributed by atoms with E-state index in [2.05, 4.69) is 16.8 Å². The van der Waals surface area contributed by atoms with E-state index in [-0.39, 0.29) is 37.1 Å². The van der Waals surface area contributed by atoms with Gasteiger partial charge in [-0.1, -0.05) is 13.8 Å². The predicted molar refractivity (Wildman–Crippen MR) is 103 cm³/mol. The van der Waals surface area contributed by atoms with Gasteiger partial charge < -0.3 is 15.1 Å². The van der Waals surface area contributed by atoms with Gasteiger partial charge >= 0.3 is 0 Å². The Balaban J connectivity index is 1.81. The van der Waals surface area contributed by atoms with Crippen molar-refractivity contribution in [2.45, 2.75) is 52.5 Å². The Kier molecular flexibility index (Phi) is 8.09. The third kappa shape index (κ3) is 5.83. The van der Waals surface area contributed by atoms with Crippen LogP contribution in [0.2, 0.25) is 0 Å².